The Labute approximate surface area is 146 Å². The second kappa shape index (κ2) is 7.70. The topological polar surface area (TPSA) is 69.2 Å². The van der Waals surface area contributed by atoms with Gasteiger partial charge in [-0.2, -0.15) is 0 Å². The number of nitrogens with zero attached hydrogens (tertiary/aromatic N) is 1. The summed E-state index contributed by atoms with van der Waals surface area (Å²) in [5, 5.41) is 6.81. The summed E-state index contributed by atoms with van der Waals surface area (Å²) in [5.74, 6) is 1.18. The molecule has 0 bridgehead atoms. The zero-order chi connectivity index (χ0) is 17.6. The third kappa shape index (κ3) is 4.29. The van der Waals surface area contributed by atoms with Gasteiger partial charge < -0.3 is 19.6 Å². The number of carbonyl (C=O) groups is 1. The van der Waals surface area contributed by atoms with Crippen LogP contribution in [0.3, 0.4) is 0 Å². The monoisotopic (exact) mass is 340 g/mol. The van der Waals surface area contributed by atoms with Crippen LogP contribution in [0.25, 0.3) is 0 Å². The van der Waals surface area contributed by atoms with Crippen LogP contribution >= 0.6 is 0 Å². The van der Waals surface area contributed by atoms with Crippen LogP contribution in [0.2, 0.25) is 0 Å². The highest BCUT2D eigenvalue weighted by atomic mass is 16.7. The number of fused-ring (bicyclic) bond motifs is 1. The summed E-state index contributed by atoms with van der Waals surface area (Å²) >= 11 is 0. The second-order valence-electron chi connectivity index (χ2n) is 5.72. The minimum atomic E-state index is -0.217. The molecule has 0 aromatic heterocycles. The summed E-state index contributed by atoms with van der Waals surface area (Å²) in [6.07, 6.45) is 0. The number of amides is 1. The van der Waals surface area contributed by atoms with Crippen LogP contribution in [0, 0.1) is 6.92 Å². The van der Waals surface area contributed by atoms with Gasteiger partial charge in [-0.05, 0) is 43.2 Å². The Kier molecular flexibility index (Phi) is 5.18. The summed E-state index contributed by atoms with van der Waals surface area (Å²) in [6, 6.07) is 13.4. The van der Waals surface area contributed by atoms with Crippen LogP contribution < -0.4 is 14.8 Å². The highest BCUT2D eigenvalue weighted by Crippen LogP contribution is 2.32. The van der Waals surface area contributed by atoms with Crippen molar-refractivity contribution in [3.63, 3.8) is 0 Å². The van der Waals surface area contributed by atoms with E-state index >= 15 is 0 Å². The molecule has 1 heterocycles. The molecule has 25 heavy (non-hydrogen) atoms. The van der Waals surface area contributed by atoms with Crippen molar-refractivity contribution in [3.8, 4) is 11.5 Å². The van der Waals surface area contributed by atoms with E-state index in [9.17, 15) is 4.79 Å². The maximum atomic E-state index is 11.9. The minimum Gasteiger partial charge on any atom is -0.454 e. The van der Waals surface area contributed by atoms with E-state index in [0.717, 1.165) is 16.7 Å². The van der Waals surface area contributed by atoms with Crippen molar-refractivity contribution in [2.45, 2.75) is 20.4 Å². The molecule has 1 N–H and O–H groups in total. The summed E-state index contributed by atoms with van der Waals surface area (Å²) in [7, 11) is 0. The van der Waals surface area contributed by atoms with Gasteiger partial charge in [-0.3, -0.25) is 4.79 Å². The predicted molar refractivity (Wildman–Crippen MR) is 93.8 cm³/mol. The Balaban J connectivity index is 1.49. The molecule has 0 spiro atoms. The van der Waals surface area contributed by atoms with Gasteiger partial charge in [0, 0.05) is 12.1 Å². The third-order valence-corrected chi connectivity index (χ3v) is 3.92. The maximum Gasteiger partial charge on any atom is 0.261 e. The normalized spacial score (nSPS) is 12.8. The number of hydrogen-bond donors (Lipinski definition) is 1. The third-order valence-electron chi connectivity index (χ3n) is 3.92. The van der Waals surface area contributed by atoms with E-state index in [4.69, 9.17) is 14.3 Å². The van der Waals surface area contributed by atoms with Gasteiger partial charge in [0.25, 0.3) is 5.91 Å². The van der Waals surface area contributed by atoms with Gasteiger partial charge in [0.1, 0.15) is 0 Å². The van der Waals surface area contributed by atoms with Crippen LogP contribution in [-0.2, 0) is 16.2 Å². The number of hydrogen-bond acceptors (Lipinski definition) is 5. The number of benzene rings is 2. The molecule has 0 saturated carbocycles. The standard InChI is InChI=1S/C19H20N2O4/c1-13-5-3-4-6-16(13)10-20-19(22)11-25-21-14(2)15-7-8-17-18(9-15)24-12-23-17/h3-9H,10-12H2,1-2H3,(H,20,22)/b21-14-. The van der Waals surface area contributed by atoms with Crippen LogP contribution in [-0.4, -0.2) is 25.0 Å². The van der Waals surface area contributed by atoms with E-state index in [1.165, 1.54) is 0 Å². The van der Waals surface area contributed by atoms with E-state index in [0.29, 0.717) is 23.8 Å². The van der Waals surface area contributed by atoms with Gasteiger partial charge in [0.2, 0.25) is 6.79 Å². The van der Waals surface area contributed by atoms with Crippen molar-refractivity contribution in [2.24, 2.45) is 5.16 Å². The number of rotatable bonds is 6. The quantitative estimate of drug-likeness (QED) is 0.648. The molecule has 0 atom stereocenters. The predicted octanol–water partition coefficient (Wildman–Crippen LogP) is 2.78. The molecule has 3 rings (SSSR count). The van der Waals surface area contributed by atoms with Gasteiger partial charge in [-0.1, -0.05) is 29.4 Å². The average molecular weight is 340 g/mol. The van der Waals surface area contributed by atoms with E-state index < -0.39 is 0 Å². The first-order valence-electron chi connectivity index (χ1n) is 8.01. The minimum absolute atomic E-state index is 0.131. The second-order valence-corrected chi connectivity index (χ2v) is 5.72. The average Bonchev–Trinajstić information content (AvgIpc) is 3.08. The van der Waals surface area contributed by atoms with Crippen molar-refractivity contribution in [1.29, 1.82) is 0 Å². The molecule has 0 saturated heterocycles. The molecule has 6 nitrogen and oxygen atoms in total. The van der Waals surface area contributed by atoms with Crippen LogP contribution in [0.15, 0.2) is 47.6 Å². The highest BCUT2D eigenvalue weighted by molar-refractivity contribution is 5.99. The lowest BCUT2D eigenvalue weighted by atomic mass is 10.1. The lowest BCUT2D eigenvalue weighted by Gasteiger charge is -2.07. The van der Waals surface area contributed by atoms with Crippen molar-refractivity contribution in [2.75, 3.05) is 13.4 Å². The maximum absolute atomic E-state index is 11.9. The van der Waals surface area contributed by atoms with E-state index in [1.54, 1.807) is 0 Å². The number of nitrogens with one attached hydrogen (secondary N) is 1. The Hall–Kier alpha value is -3.02. The fourth-order valence-corrected chi connectivity index (χ4v) is 2.42. The molecule has 1 aliphatic heterocycles. The van der Waals surface area contributed by atoms with Gasteiger partial charge in [-0.25, -0.2) is 0 Å². The van der Waals surface area contributed by atoms with Gasteiger partial charge in [-0.15, -0.1) is 0 Å². The molecule has 130 valence electrons. The van der Waals surface area contributed by atoms with Crippen molar-refractivity contribution in [3.05, 3.63) is 59.2 Å². The summed E-state index contributed by atoms with van der Waals surface area (Å²) in [5.41, 5.74) is 3.73. The van der Waals surface area contributed by atoms with Crippen LogP contribution in [0.4, 0.5) is 0 Å². The van der Waals surface area contributed by atoms with Crippen molar-refractivity contribution >= 4 is 11.6 Å². The molecule has 0 unspecified atom stereocenters. The van der Waals surface area contributed by atoms with Gasteiger partial charge in [0.05, 0.1) is 5.71 Å². The Morgan fingerprint density at radius 2 is 2.00 bits per heavy atom. The summed E-state index contributed by atoms with van der Waals surface area (Å²) in [6.45, 7) is 4.39. The van der Waals surface area contributed by atoms with Gasteiger partial charge >= 0.3 is 0 Å². The fourth-order valence-electron chi connectivity index (χ4n) is 2.42. The number of ether oxygens (including phenoxy) is 2. The number of carbonyl (C=O) groups excluding carboxylic acids is 1. The number of oxime groups is 1. The van der Waals surface area contributed by atoms with Crippen molar-refractivity contribution < 1.29 is 19.1 Å². The number of aryl methyl sites for hydroxylation is 1. The largest absolute Gasteiger partial charge is 0.454 e. The first-order chi connectivity index (χ1) is 12.1. The lowest BCUT2D eigenvalue weighted by Crippen LogP contribution is -2.26. The SMILES string of the molecule is C/C(=N/OCC(=O)NCc1ccccc1C)c1ccc2c(c1)OCO2. The van der Waals surface area contributed by atoms with Crippen LogP contribution in [0.1, 0.15) is 23.6 Å². The van der Waals surface area contributed by atoms with Crippen molar-refractivity contribution in [1.82, 2.24) is 5.32 Å². The molecule has 0 aliphatic carbocycles. The van der Waals surface area contributed by atoms with E-state index in [-0.39, 0.29) is 19.3 Å². The molecule has 6 heteroatoms. The Morgan fingerprint density at radius 3 is 2.84 bits per heavy atom. The molecule has 1 amide bonds. The first-order valence-corrected chi connectivity index (χ1v) is 8.01. The molecule has 0 fully saturated rings. The lowest BCUT2D eigenvalue weighted by molar-refractivity contribution is -0.125. The summed E-state index contributed by atoms with van der Waals surface area (Å²) in [4.78, 5) is 17.0. The van der Waals surface area contributed by atoms with E-state index in [1.807, 2.05) is 56.3 Å². The molecular formula is C19H20N2O4. The Morgan fingerprint density at radius 1 is 1.20 bits per heavy atom. The molecule has 2 aromatic carbocycles. The molecule has 1 aliphatic rings. The Bertz CT molecular complexity index is 802. The molecular weight excluding hydrogens is 320 g/mol. The highest BCUT2D eigenvalue weighted by Gasteiger charge is 2.14. The van der Waals surface area contributed by atoms with Gasteiger partial charge in [0.15, 0.2) is 18.1 Å². The first kappa shape index (κ1) is 16.8. The molecule has 2 aromatic rings. The fraction of sp³-hybridized carbons (Fsp3) is 0.263. The zero-order valence-electron chi connectivity index (χ0n) is 14.2. The molecule has 0 radical (unpaired) electrons. The summed E-state index contributed by atoms with van der Waals surface area (Å²) < 4.78 is 10.6. The van der Waals surface area contributed by atoms with Crippen LogP contribution in [0.5, 0.6) is 11.5 Å². The zero-order valence-corrected chi connectivity index (χ0v) is 14.2. The van der Waals surface area contributed by atoms with E-state index in [2.05, 4.69) is 10.5 Å². The smallest absolute Gasteiger partial charge is 0.261 e.